The third kappa shape index (κ3) is 3.22. The fraction of sp³-hybridized carbons (Fsp3) is 0.526. The van der Waals surface area contributed by atoms with Gasteiger partial charge in [-0.2, -0.15) is 0 Å². The average molecular weight is 349 g/mol. The Bertz CT molecular complexity index is 693. The molecule has 1 heterocycles. The average Bonchev–Trinajstić information content (AvgIpc) is 2.93. The number of benzene rings is 1. The largest absolute Gasteiger partial charge is 0.543 e. The zero-order chi connectivity index (χ0) is 18.1. The molecule has 24 heavy (non-hydrogen) atoms. The lowest BCUT2D eigenvalue weighted by Gasteiger charge is -2.42. The summed E-state index contributed by atoms with van der Waals surface area (Å²) < 4.78 is 16.9. The van der Waals surface area contributed by atoms with Crippen molar-refractivity contribution in [3.05, 3.63) is 30.0 Å². The van der Waals surface area contributed by atoms with Crippen LogP contribution in [0.25, 0.3) is 11.0 Å². The Morgan fingerprint density at radius 3 is 2.08 bits per heavy atom. The Morgan fingerprint density at radius 1 is 1.00 bits per heavy atom. The van der Waals surface area contributed by atoms with E-state index in [1.165, 1.54) is 7.11 Å². The van der Waals surface area contributed by atoms with E-state index in [2.05, 4.69) is 41.5 Å². The molecule has 0 spiro atoms. The Balaban J connectivity index is 2.42. The summed E-state index contributed by atoms with van der Waals surface area (Å²) in [4.78, 5) is 11.6. The fourth-order valence-electron chi connectivity index (χ4n) is 3.84. The molecule has 0 aliphatic carbocycles. The van der Waals surface area contributed by atoms with Crippen molar-refractivity contribution in [1.82, 2.24) is 0 Å². The molecule has 0 amide bonds. The number of carbonyl (C=O) groups is 1. The SMILES string of the molecule is COC(=O)c1cc2cc(O[Si](C(C)C)(C(C)C)C(C)C)ccc2o1. The number of fused-ring (bicyclic) bond motifs is 1. The van der Waals surface area contributed by atoms with Gasteiger partial charge in [-0.05, 0) is 40.9 Å². The maximum absolute atomic E-state index is 11.6. The number of hydrogen-bond acceptors (Lipinski definition) is 4. The van der Waals surface area contributed by atoms with Gasteiger partial charge in [0.2, 0.25) is 5.76 Å². The first-order valence-corrected chi connectivity index (χ1v) is 10.7. The predicted octanol–water partition coefficient (Wildman–Crippen LogP) is 5.77. The summed E-state index contributed by atoms with van der Waals surface area (Å²) in [5.74, 6) is 0.594. The highest BCUT2D eigenvalue weighted by Crippen LogP contribution is 2.43. The molecule has 5 heteroatoms. The molecule has 0 fully saturated rings. The molecular weight excluding hydrogens is 320 g/mol. The Morgan fingerprint density at radius 2 is 1.58 bits per heavy atom. The van der Waals surface area contributed by atoms with E-state index in [0.717, 1.165) is 11.1 Å². The lowest BCUT2D eigenvalue weighted by atomic mass is 10.2. The zero-order valence-electron chi connectivity index (χ0n) is 15.7. The van der Waals surface area contributed by atoms with E-state index in [1.807, 2.05) is 18.2 Å². The number of carbonyl (C=O) groups excluding carboxylic acids is 1. The van der Waals surface area contributed by atoms with Crippen LogP contribution in [0, 0.1) is 0 Å². The van der Waals surface area contributed by atoms with Gasteiger partial charge in [0, 0.05) is 5.39 Å². The first kappa shape index (κ1) is 18.6. The summed E-state index contributed by atoms with van der Waals surface area (Å²) in [5.41, 5.74) is 2.17. The number of methoxy groups -OCH3 is 1. The number of furan rings is 1. The molecule has 0 aliphatic rings. The first-order chi connectivity index (χ1) is 11.2. The Labute approximate surface area is 145 Å². The van der Waals surface area contributed by atoms with Crippen LogP contribution in [-0.4, -0.2) is 21.4 Å². The van der Waals surface area contributed by atoms with Crippen LogP contribution < -0.4 is 4.43 Å². The fourth-order valence-corrected chi connectivity index (χ4v) is 9.09. The summed E-state index contributed by atoms with van der Waals surface area (Å²) in [6, 6.07) is 7.45. The normalized spacial score (nSPS) is 12.4. The number of rotatable bonds is 6. The summed E-state index contributed by atoms with van der Waals surface area (Å²) in [5, 5.41) is 0.854. The summed E-state index contributed by atoms with van der Waals surface area (Å²) in [6.07, 6.45) is 0. The van der Waals surface area contributed by atoms with Crippen molar-refractivity contribution in [2.45, 2.75) is 58.2 Å². The monoisotopic (exact) mass is 348 g/mol. The lowest BCUT2D eigenvalue weighted by molar-refractivity contribution is 0.0567. The van der Waals surface area contributed by atoms with Crippen LogP contribution in [0.3, 0.4) is 0 Å². The molecule has 2 aromatic rings. The summed E-state index contributed by atoms with van der Waals surface area (Å²) in [7, 11) is -0.655. The van der Waals surface area contributed by atoms with Crippen LogP contribution in [-0.2, 0) is 4.74 Å². The van der Waals surface area contributed by atoms with E-state index in [1.54, 1.807) is 6.07 Å². The van der Waals surface area contributed by atoms with Crippen LogP contribution in [0.15, 0.2) is 28.7 Å². The van der Waals surface area contributed by atoms with Crippen molar-refractivity contribution in [2.75, 3.05) is 7.11 Å². The standard InChI is InChI=1S/C19H28O4Si/c1-12(2)24(13(3)4,14(5)6)23-16-8-9-17-15(10-16)11-18(22-17)19(20)21-7/h8-14H,1-7H3. The van der Waals surface area contributed by atoms with Crippen molar-refractivity contribution in [3.8, 4) is 5.75 Å². The Kier molecular flexibility index (Phi) is 5.43. The van der Waals surface area contributed by atoms with Gasteiger partial charge >= 0.3 is 5.97 Å². The quantitative estimate of drug-likeness (QED) is 0.491. The molecule has 0 atom stereocenters. The van der Waals surface area contributed by atoms with E-state index in [0.29, 0.717) is 22.2 Å². The van der Waals surface area contributed by atoms with Gasteiger partial charge in [-0.1, -0.05) is 41.5 Å². The zero-order valence-corrected chi connectivity index (χ0v) is 16.7. The van der Waals surface area contributed by atoms with Gasteiger partial charge in [-0.15, -0.1) is 0 Å². The topological polar surface area (TPSA) is 48.7 Å². The molecule has 0 bridgehead atoms. The maximum Gasteiger partial charge on any atom is 0.373 e. The van der Waals surface area contributed by atoms with E-state index in [-0.39, 0.29) is 5.76 Å². The molecule has 0 aliphatic heterocycles. The lowest BCUT2D eigenvalue weighted by Crippen LogP contribution is -2.50. The Hall–Kier alpha value is -1.75. The molecule has 0 saturated heterocycles. The van der Waals surface area contributed by atoms with Crippen molar-refractivity contribution >= 4 is 25.3 Å². The highest BCUT2D eigenvalue weighted by atomic mass is 28.4. The molecule has 0 radical (unpaired) electrons. The molecule has 1 aromatic carbocycles. The first-order valence-electron chi connectivity index (χ1n) is 8.53. The van der Waals surface area contributed by atoms with Crippen LogP contribution in [0.1, 0.15) is 52.1 Å². The molecule has 2 rings (SSSR count). The van der Waals surface area contributed by atoms with Crippen molar-refractivity contribution in [2.24, 2.45) is 0 Å². The van der Waals surface area contributed by atoms with E-state index in [4.69, 9.17) is 13.6 Å². The minimum Gasteiger partial charge on any atom is -0.543 e. The van der Waals surface area contributed by atoms with Gasteiger partial charge in [0.05, 0.1) is 7.11 Å². The molecule has 132 valence electrons. The van der Waals surface area contributed by atoms with Crippen LogP contribution >= 0.6 is 0 Å². The molecular formula is C19H28O4Si. The number of hydrogen-bond donors (Lipinski definition) is 0. The minimum atomic E-state index is -2.00. The molecule has 0 saturated carbocycles. The van der Waals surface area contributed by atoms with Gasteiger partial charge in [-0.25, -0.2) is 4.79 Å². The van der Waals surface area contributed by atoms with E-state index in [9.17, 15) is 4.79 Å². The second kappa shape index (κ2) is 7.01. The second-order valence-corrected chi connectivity index (χ2v) is 12.6. The molecule has 0 unspecified atom stereocenters. The third-order valence-corrected chi connectivity index (χ3v) is 10.9. The van der Waals surface area contributed by atoms with Gasteiger partial charge in [0.1, 0.15) is 11.3 Å². The van der Waals surface area contributed by atoms with Crippen LogP contribution in [0.4, 0.5) is 0 Å². The van der Waals surface area contributed by atoms with Crippen molar-refractivity contribution in [3.63, 3.8) is 0 Å². The molecule has 1 aromatic heterocycles. The van der Waals surface area contributed by atoms with Gasteiger partial charge in [-0.3, -0.25) is 0 Å². The maximum atomic E-state index is 11.6. The highest BCUT2D eigenvalue weighted by Gasteiger charge is 2.47. The summed E-state index contributed by atoms with van der Waals surface area (Å²) in [6.45, 7) is 13.6. The van der Waals surface area contributed by atoms with Crippen molar-refractivity contribution in [1.29, 1.82) is 0 Å². The minimum absolute atomic E-state index is 0.213. The summed E-state index contributed by atoms with van der Waals surface area (Å²) >= 11 is 0. The van der Waals surface area contributed by atoms with Gasteiger partial charge in [0.25, 0.3) is 8.32 Å². The van der Waals surface area contributed by atoms with E-state index < -0.39 is 14.3 Å². The van der Waals surface area contributed by atoms with Crippen LogP contribution in [0.2, 0.25) is 16.6 Å². The number of esters is 1. The molecule has 4 nitrogen and oxygen atoms in total. The highest BCUT2D eigenvalue weighted by molar-refractivity contribution is 6.78. The van der Waals surface area contributed by atoms with Gasteiger partial charge in [0.15, 0.2) is 0 Å². The number of ether oxygens (including phenoxy) is 1. The van der Waals surface area contributed by atoms with Crippen LogP contribution in [0.5, 0.6) is 5.75 Å². The molecule has 0 N–H and O–H groups in total. The smallest absolute Gasteiger partial charge is 0.373 e. The predicted molar refractivity (Wildman–Crippen MR) is 99.2 cm³/mol. The van der Waals surface area contributed by atoms with Crippen molar-refractivity contribution < 1.29 is 18.4 Å². The second-order valence-electron chi connectivity index (χ2n) is 7.22. The third-order valence-electron chi connectivity index (χ3n) is 4.88. The van der Waals surface area contributed by atoms with E-state index >= 15 is 0 Å². The van der Waals surface area contributed by atoms with Gasteiger partial charge < -0.3 is 13.6 Å².